The summed E-state index contributed by atoms with van der Waals surface area (Å²) in [7, 11) is 0. The Balaban J connectivity index is 2.45. The predicted octanol–water partition coefficient (Wildman–Crippen LogP) is 2.11. The van der Waals surface area contributed by atoms with E-state index in [1.165, 1.54) is 6.33 Å². The lowest BCUT2D eigenvalue weighted by atomic mass is 9.98. The van der Waals surface area contributed by atoms with Crippen molar-refractivity contribution >= 4 is 11.2 Å². The molecule has 14 heavy (non-hydrogen) atoms. The summed E-state index contributed by atoms with van der Waals surface area (Å²) in [4.78, 5) is 15.7. The van der Waals surface area contributed by atoms with Gasteiger partial charge in [-0.15, -0.1) is 0 Å². The molecule has 0 aliphatic heterocycles. The van der Waals surface area contributed by atoms with Crippen molar-refractivity contribution in [1.29, 1.82) is 0 Å². The minimum absolute atomic E-state index is 0.421. The number of rotatable bonds is 2. The van der Waals surface area contributed by atoms with Crippen molar-refractivity contribution in [2.24, 2.45) is 5.92 Å². The first-order valence-corrected chi connectivity index (χ1v) is 4.84. The molecule has 4 nitrogen and oxygen atoms in total. The second kappa shape index (κ2) is 3.36. The van der Waals surface area contributed by atoms with Crippen LogP contribution in [0, 0.1) is 5.92 Å². The SMILES string of the molecule is CC(C)C(C)c1nc2ncncc2[nH]1. The van der Waals surface area contributed by atoms with Crippen LogP contribution < -0.4 is 0 Å². The smallest absolute Gasteiger partial charge is 0.180 e. The molecule has 0 fully saturated rings. The molecule has 74 valence electrons. The van der Waals surface area contributed by atoms with Gasteiger partial charge in [-0.1, -0.05) is 20.8 Å². The van der Waals surface area contributed by atoms with Gasteiger partial charge in [-0.05, 0) is 5.92 Å². The zero-order chi connectivity index (χ0) is 10.1. The van der Waals surface area contributed by atoms with Crippen molar-refractivity contribution in [3.63, 3.8) is 0 Å². The summed E-state index contributed by atoms with van der Waals surface area (Å²) in [5.74, 6) is 1.99. The molecule has 0 aliphatic carbocycles. The van der Waals surface area contributed by atoms with Crippen molar-refractivity contribution < 1.29 is 0 Å². The first kappa shape index (κ1) is 9.12. The molecule has 2 heterocycles. The Labute approximate surface area is 82.8 Å². The average Bonchev–Trinajstić information content (AvgIpc) is 2.59. The van der Waals surface area contributed by atoms with Gasteiger partial charge in [0.1, 0.15) is 17.7 Å². The van der Waals surface area contributed by atoms with E-state index in [9.17, 15) is 0 Å². The first-order chi connectivity index (χ1) is 6.68. The lowest BCUT2D eigenvalue weighted by molar-refractivity contribution is 0.515. The van der Waals surface area contributed by atoms with Gasteiger partial charge in [-0.3, -0.25) is 0 Å². The summed E-state index contributed by atoms with van der Waals surface area (Å²) in [5, 5.41) is 0. The summed E-state index contributed by atoms with van der Waals surface area (Å²) in [6.45, 7) is 6.53. The van der Waals surface area contributed by atoms with Crippen molar-refractivity contribution in [3.05, 3.63) is 18.3 Å². The molecule has 1 atom stereocenters. The number of imidazole rings is 1. The van der Waals surface area contributed by atoms with E-state index in [4.69, 9.17) is 0 Å². The van der Waals surface area contributed by atoms with Crippen LogP contribution in [0.4, 0.5) is 0 Å². The van der Waals surface area contributed by atoms with Crippen LogP contribution in [0.1, 0.15) is 32.5 Å². The molecule has 0 amide bonds. The van der Waals surface area contributed by atoms with Gasteiger partial charge in [0.15, 0.2) is 5.65 Å². The minimum atomic E-state index is 0.421. The number of hydrogen-bond donors (Lipinski definition) is 1. The lowest BCUT2D eigenvalue weighted by Crippen LogP contribution is -2.03. The van der Waals surface area contributed by atoms with Gasteiger partial charge in [0.2, 0.25) is 0 Å². The lowest BCUT2D eigenvalue weighted by Gasteiger charge is -2.11. The summed E-state index contributed by atoms with van der Waals surface area (Å²) in [6.07, 6.45) is 3.28. The summed E-state index contributed by atoms with van der Waals surface area (Å²) in [5.41, 5.74) is 1.66. The van der Waals surface area contributed by atoms with Gasteiger partial charge in [0.05, 0.1) is 6.20 Å². The molecule has 0 aromatic carbocycles. The Bertz CT molecular complexity index is 399. The predicted molar refractivity (Wildman–Crippen MR) is 54.9 cm³/mol. The molecule has 0 saturated carbocycles. The number of nitrogens with zero attached hydrogens (tertiary/aromatic N) is 3. The van der Waals surface area contributed by atoms with E-state index in [0.29, 0.717) is 11.8 Å². The van der Waals surface area contributed by atoms with Crippen LogP contribution in [0.2, 0.25) is 0 Å². The van der Waals surface area contributed by atoms with Crippen molar-refractivity contribution in [1.82, 2.24) is 19.9 Å². The molecular formula is C10H14N4. The van der Waals surface area contributed by atoms with E-state index in [1.54, 1.807) is 6.20 Å². The Morgan fingerprint density at radius 2 is 2.07 bits per heavy atom. The maximum atomic E-state index is 4.43. The number of hydrogen-bond acceptors (Lipinski definition) is 3. The third-order valence-electron chi connectivity index (χ3n) is 2.61. The summed E-state index contributed by atoms with van der Waals surface area (Å²) >= 11 is 0. The highest BCUT2D eigenvalue weighted by Crippen LogP contribution is 2.22. The number of fused-ring (bicyclic) bond motifs is 1. The van der Waals surface area contributed by atoms with E-state index in [2.05, 4.69) is 40.7 Å². The van der Waals surface area contributed by atoms with E-state index < -0.39 is 0 Å². The Kier molecular flexibility index (Phi) is 2.19. The second-order valence-electron chi connectivity index (χ2n) is 3.91. The highest BCUT2D eigenvalue weighted by atomic mass is 15.0. The number of aromatic amines is 1. The van der Waals surface area contributed by atoms with Crippen molar-refractivity contribution in [2.75, 3.05) is 0 Å². The zero-order valence-electron chi connectivity index (χ0n) is 8.65. The Morgan fingerprint density at radius 1 is 1.29 bits per heavy atom. The fraction of sp³-hybridized carbons (Fsp3) is 0.500. The van der Waals surface area contributed by atoms with E-state index in [-0.39, 0.29) is 0 Å². The fourth-order valence-corrected chi connectivity index (χ4v) is 1.31. The second-order valence-corrected chi connectivity index (χ2v) is 3.91. The molecule has 0 bridgehead atoms. The van der Waals surface area contributed by atoms with E-state index in [0.717, 1.165) is 17.0 Å². The normalized spacial score (nSPS) is 13.7. The topological polar surface area (TPSA) is 54.5 Å². The third kappa shape index (κ3) is 1.47. The quantitative estimate of drug-likeness (QED) is 0.789. The van der Waals surface area contributed by atoms with Gasteiger partial charge in [0.25, 0.3) is 0 Å². The highest BCUT2D eigenvalue weighted by Gasteiger charge is 2.14. The molecule has 1 N–H and O–H groups in total. The number of nitrogens with one attached hydrogen (secondary N) is 1. The molecule has 2 aromatic heterocycles. The first-order valence-electron chi connectivity index (χ1n) is 4.84. The fourth-order valence-electron chi connectivity index (χ4n) is 1.31. The van der Waals surface area contributed by atoms with Gasteiger partial charge in [0, 0.05) is 5.92 Å². The van der Waals surface area contributed by atoms with Crippen molar-refractivity contribution in [2.45, 2.75) is 26.7 Å². The minimum Gasteiger partial charge on any atom is -0.339 e. The molecule has 0 aliphatic rings. The number of H-pyrrole nitrogens is 1. The number of aromatic nitrogens is 4. The van der Waals surface area contributed by atoms with Crippen LogP contribution in [-0.2, 0) is 0 Å². The average molecular weight is 190 g/mol. The van der Waals surface area contributed by atoms with Gasteiger partial charge >= 0.3 is 0 Å². The van der Waals surface area contributed by atoms with Crippen LogP contribution in [-0.4, -0.2) is 19.9 Å². The third-order valence-corrected chi connectivity index (χ3v) is 2.61. The van der Waals surface area contributed by atoms with Crippen LogP contribution in [0.15, 0.2) is 12.5 Å². The maximum Gasteiger partial charge on any atom is 0.180 e. The molecule has 0 spiro atoms. The molecule has 0 saturated heterocycles. The standard InChI is InChI=1S/C10H14N4/c1-6(2)7(3)9-13-8-4-11-5-12-10(8)14-9/h4-7H,1-3H3,(H,11,12,13,14). The van der Waals surface area contributed by atoms with E-state index >= 15 is 0 Å². The summed E-state index contributed by atoms with van der Waals surface area (Å²) in [6, 6.07) is 0. The summed E-state index contributed by atoms with van der Waals surface area (Å²) < 4.78 is 0. The van der Waals surface area contributed by atoms with Gasteiger partial charge in [-0.25, -0.2) is 15.0 Å². The molecule has 4 heteroatoms. The Morgan fingerprint density at radius 3 is 2.71 bits per heavy atom. The zero-order valence-corrected chi connectivity index (χ0v) is 8.65. The monoisotopic (exact) mass is 190 g/mol. The highest BCUT2D eigenvalue weighted by molar-refractivity contribution is 5.68. The van der Waals surface area contributed by atoms with Crippen LogP contribution in [0.5, 0.6) is 0 Å². The van der Waals surface area contributed by atoms with Crippen LogP contribution >= 0.6 is 0 Å². The van der Waals surface area contributed by atoms with Crippen molar-refractivity contribution in [3.8, 4) is 0 Å². The molecule has 2 rings (SSSR count). The van der Waals surface area contributed by atoms with E-state index in [1.807, 2.05) is 0 Å². The molecule has 1 unspecified atom stereocenters. The largest absolute Gasteiger partial charge is 0.339 e. The van der Waals surface area contributed by atoms with Gasteiger partial charge < -0.3 is 4.98 Å². The molecular weight excluding hydrogens is 176 g/mol. The van der Waals surface area contributed by atoms with Crippen LogP contribution in [0.25, 0.3) is 11.2 Å². The Hall–Kier alpha value is -1.45. The molecule has 0 radical (unpaired) electrons. The van der Waals surface area contributed by atoms with Gasteiger partial charge in [-0.2, -0.15) is 0 Å². The maximum absolute atomic E-state index is 4.43. The molecule has 2 aromatic rings. The van der Waals surface area contributed by atoms with Crippen LogP contribution in [0.3, 0.4) is 0 Å².